The van der Waals surface area contributed by atoms with Gasteiger partial charge >= 0.3 is 0 Å². The first-order chi connectivity index (χ1) is 11.4. The zero-order valence-electron chi connectivity index (χ0n) is 12.9. The smallest absolute Gasteiger partial charge is 0.278 e. The van der Waals surface area contributed by atoms with Gasteiger partial charge in [-0.15, -0.1) is 0 Å². The van der Waals surface area contributed by atoms with Crippen LogP contribution in [0, 0.1) is 0 Å². The maximum atomic E-state index is 12.8. The van der Waals surface area contributed by atoms with E-state index in [2.05, 4.69) is 10.1 Å². The number of hydrogen-bond donors (Lipinski definition) is 0. The Hall–Kier alpha value is -2.20. The minimum Gasteiger partial charge on any atom is -0.485 e. The molecule has 10 heteroatoms. The first kappa shape index (κ1) is 18.1. The van der Waals surface area contributed by atoms with Gasteiger partial charge < -0.3 is 8.92 Å². The number of aromatic nitrogens is 3. The fourth-order valence-electron chi connectivity index (χ4n) is 1.55. The average Bonchev–Trinajstić information content (AvgIpc) is 2.53. The molecule has 0 saturated carbocycles. The van der Waals surface area contributed by atoms with E-state index in [1.54, 1.807) is 19.1 Å². The largest absolute Gasteiger partial charge is 0.485 e. The van der Waals surface area contributed by atoms with E-state index in [4.69, 9.17) is 13.1 Å². The quantitative estimate of drug-likeness (QED) is 0.530. The highest BCUT2D eigenvalue weighted by Crippen LogP contribution is 2.23. The number of hydrogen-bond acceptors (Lipinski definition) is 7. The van der Waals surface area contributed by atoms with Crippen LogP contribution in [0.2, 0.25) is 0 Å². The summed E-state index contributed by atoms with van der Waals surface area (Å²) in [5.41, 5.74) is -0.600. The van der Waals surface area contributed by atoms with Gasteiger partial charge in [0.25, 0.3) is 11.5 Å². The lowest BCUT2D eigenvalue weighted by Crippen LogP contribution is -2.24. The molecule has 2 aromatic rings. The molecular weight excluding hydrogens is 344 g/mol. The maximum absolute atomic E-state index is 12.8. The molecule has 24 heavy (non-hydrogen) atoms. The summed E-state index contributed by atoms with van der Waals surface area (Å²) in [6.07, 6.45) is 2.62. The first-order valence-electron chi connectivity index (χ1n) is 6.92. The minimum atomic E-state index is -3.01. The molecule has 0 bridgehead atoms. The van der Waals surface area contributed by atoms with E-state index in [0.29, 0.717) is 6.61 Å². The Bertz CT molecular complexity index is 736. The predicted octanol–water partition coefficient (Wildman–Crippen LogP) is 2.64. The Morgan fingerprint density at radius 3 is 2.88 bits per heavy atom. The first-order valence-corrected chi connectivity index (χ1v) is 7.59. The van der Waals surface area contributed by atoms with E-state index >= 15 is 0 Å². The van der Waals surface area contributed by atoms with Crippen molar-refractivity contribution in [3.05, 3.63) is 40.9 Å². The summed E-state index contributed by atoms with van der Waals surface area (Å²) in [7, 11) is 0. The van der Waals surface area contributed by atoms with Crippen molar-refractivity contribution in [1.29, 1.82) is 0 Å². The number of halogens is 2. The number of alkyl halides is 2. The lowest BCUT2D eigenvalue weighted by Gasteiger charge is -2.12. The molecule has 0 atom stereocenters. The van der Waals surface area contributed by atoms with Gasteiger partial charge in [-0.25, -0.2) is 13.8 Å². The van der Waals surface area contributed by atoms with Crippen LogP contribution in [0.3, 0.4) is 0 Å². The van der Waals surface area contributed by atoms with Crippen LogP contribution in [0.15, 0.2) is 35.4 Å². The van der Waals surface area contributed by atoms with Crippen molar-refractivity contribution >= 4 is 12.3 Å². The zero-order chi connectivity index (χ0) is 17.6. The molecule has 2 heterocycles. The molecule has 2 rings (SSSR count). The number of rotatable bonds is 8. The minimum absolute atomic E-state index is 0.0557. The highest BCUT2D eigenvalue weighted by atomic mass is 32.2. The van der Waals surface area contributed by atoms with Crippen LogP contribution in [0.1, 0.15) is 13.8 Å². The number of pyridine rings is 1. The molecular formula is C14H15F2N3O4S. The standard InChI is InChI=1S/C14H15F2N3O4S/c1-3-22-24-23-11-5-4-6-17-13(11)19-12(20)7-10(8-18-19)21-9-14(2,15)16/h4-8H,3,9H2,1-2H3. The second-order valence-electron chi connectivity index (χ2n) is 4.68. The summed E-state index contributed by atoms with van der Waals surface area (Å²) in [5.74, 6) is -2.66. The summed E-state index contributed by atoms with van der Waals surface area (Å²) in [6.45, 7) is 2.11. The van der Waals surface area contributed by atoms with Crippen LogP contribution in [-0.2, 0) is 4.18 Å². The Morgan fingerprint density at radius 2 is 2.21 bits per heavy atom. The molecule has 0 amide bonds. The lowest BCUT2D eigenvalue weighted by atomic mass is 10.4. The van der Waals surface area contributed by atoms with Gasteiger partial charge in [0.05, 0.1) is 12.8 Å². The molecule has 130 valence electrons. The maximum Gasteiger partial charge on any atom is 0.278 e. The molecule has 0 fully saturated rings. The van der Waals surface area contributed by atoms with Crippen molar-refractivity contribution in [1.82, 2.24) is 14.8 Å². The van der Waals surface area contributed by atoms with Crippen LogP contribution in [0.4, 0.5) is 8.78 Å². The van der Waals surface area contributed by atoms with Crippen LogP contribution < -0.4 is 14.5 Å². The Morgan fingerprint density at radius 1 is 1.42 bits per heavy atom. The van der Waals surface area contributed by atoms with Crippen molar-refractivity contribution in [2.45, 2.75) is 19.8 Å². The van der Waals surface area contributed by atoms with Gasteiger partial charge in [-0.1, -0.05) is 0 Å². The summed E-state index contributed by atoms with van der Waals surface area (Å²) in [4.78, 5) is 16.2. The third-order valence-electron chi connectivity index (χ3n) is 2.51. The van der Waals surface area contributed by atoms with Crippen molar-refractivity contribution in [3.63, 3.8) is 0 Å². The molecule has 0 aliphatic heterocycles. The zero-order valence-corrected chi connectivity index (χ0v) is 13.8. The molecule has 0 saturated heterocycles. The fourth-order valence-corrected chi connectivity index (χ4v) is 1.90. The van der Waals surface area contributed by atoms with Crippen LogP contribution in [-0.4, -0.2) is 33.9 Å². The van der Waals surface area contributed by atoms with E-state index < -0.39 is 18.1 Å². The lowest BCUT2D eigenvalue weighted by molar-refractivity contribution is -0.0231. The van der Waals surface area contributed by atoms with E-state index in [1.807, 2.05) is 0 Å². The summed E-state index contributed by atoms with van der Waals surface area (Å²) < 4.78 is 41.7. The number of ether oxygens (including phenoxy) is 1. The van der Waals surface area contributed by atoms with E-state index in [1.165, 1.54) is 6.20 Å². The third-order valence-corrected chi connectivity index (χ3v) is 3.09. The van der Waals surface area contributed by atoms with Crippen LogP contribution in [0.25, 0.3) is 5.82 Å². The summed E-state index contributed by atoms with van der Waals surface area (Å²) in [5, 5.41) is 3.88. The third kappa shape index (κ3) is 5.17. The predicted molar refractivity (Wildman–Crippen MR) is 83.6 cm³/mol. The van der Waals surface area contributed by atoms with Gasteiger partial charge in [-0.05, 0) is 19.1 Å². The Kier molecular flexibility index (Phi) is 6.10. The van der Waals surface area contributed by atoms with E-state index in [9.17, 15) is 13.6 Å². The number of nitrogens with zero attached hydrogens (tertiary/aromatic N) is 3. The highest BCUT2D eigenvalue weighted by Gasteiger charge is 2.22. The van der Waals surface area contributed by atoms with Crippen LogP contribution in [0.5, 0.6) is 11.5 Å². The SMILES string of the molecule is CCOSOc1cccnc1-n1ncc(OCC(C)(F)F)cc1=O. The normalized spacial score (nSPS) is 11.3. The van der Waals surface area contributed by atoms with Gasteiger partial charge in [0.2, 0.25) is 18.1 Å². The monoisotopic (exact) mass is 359 g/mol. The molecule has 0 aliphatic carbocycles. The molecule has 0 aromatic carbocycles. The fraction of sp³-hybridized carbons (Fsp3) is 0.357. The van der Waals surface area contributed by atoms with Gasteiger partial charge in [0.15, 0.2) is 12.4 Å². The Labute approximate surface area is 141 Å². The van der Waals surface area contributed by atoms with Crippen molar-refractivity contribution in [2.24, 2.45) is 0 Å². The van der Waals surface area contributed by atoms with E-state index in [-0.39, 0.29) is 17.3 Å². The van der Waals surface area contributed by atoms with E-state index in [0.717, 1.165) is 36.2 Å². The molecule has 0 spiro atoms. The Balaban J connectivity index is 2.22. The highest BCUT2D eigenvalue weighted by molar-refractivity contribution is 7.90. The van der Waals surface area contributed by atoms with Gasteiger partial charge in [-0.3, -0.25) is 8.98 Å². The molecule has 0 unspecified atom stereocenters. The second-order valence-corrected chi connectivity index (χ2v) is 5.22. The van der Waals surface area contributed by atoms with Crippen LogP contribution >= 0.6 is 12.3 Å². The van der Waals surface area contributed by atoms with Crippen molar-refractivity contribution in [3.8, 4) is 17.3 Å². The molecule has 0 radical (unpaired) electrons. The molecule has 0 N–H and O–H groups in total. The van der Waals surface area contributed by atoms with Gasteiger partial charge in [0.1, 0.15) is 5.75 Å². The topological polar surface area (TPSA) is 75.5 Å². The second kappa shape index (κ2) is 8.06. The molecule has 2 aromatic heterocycles. The van der Waals surface area contributed by atoms with Gasteiger partial charge in [-0.2, -0.15) is 9.78 Å². The summed E-state index contributed by atoms with van der Waals surface area (Å²) in [6, 6.07) is 4.26. The van der Waals surface area contributed by atoms with Crippen molar-refractivity contribution in [2.75, 3.05) is 13.2 Å². The molecule has 7 nitrogen and oxygen atoms in total. The summed E-state index contributed by atoms with van der Waals surface area (Å²) >= 11 is 0.744. The van der Waals surface area contributed by atoms with Gasteiger partial charge in [0, 0.05) is 19.2 Å². The average molecular weight is 359 g/mol. The molecule has 0 aliphatic rings. The van der Waals surface area contributed by atoms with Crippen molar-refractivity contribution < 1.29 is 21.9 Å².